The van der Waals surface area contributed by atoms with Crippen LogP contribution in [-0.4, -0.2) is 73.5 Å². The SMILES string of the molecule is O=C(CCCc1ccccc1)C(O)[C@H](O)[C@@H](O)[C@@H](O)[C@H](O)CO. The van der Waals surface area contributed by atoms with Gasteiger partial charge in [0.2, 0.25) is 0 Å². The Morgan fingerprint density at radius 2 is 1.52 bits per heavy atom. The Morgan fingerprint density at radius 1 is 0.913 bits per heavy atom. The molecule has 7 heteroatoms. The third-order valence-electron chi connectivity index (χ3n) is 3.67. The second-order valence-electron chi connectivity index (χ2n) is 5.47. The molecule has 1 unspecified atom stereocenters. The number of Topliss-reactive ketones (excluding diaryl/α,β-unsaturated/α-hetero) is 1. The lowest BCUT2D eigenvalue weighted by Gasteiger charge is -2.27. The van der Waals surface area contributed by atoms with Gasteiger partial charge in [-0.15, -0.1) is 0 Å². The predicted molar refractivity (Wildman–Crippen MR) is 81.5 cm³/mol. The average molecular weight is 328 g/mol. The fraction of sp³-hybridized carbons (Fsp3) is 0.562. The van der Waals surface area contributed by atoms with Gasteiger partial charge in [0.05, 0.1) is 6.61 Å². The zero-order valence-electron chi connectivity index (χ0n) is 12.7. The molecule has 0 saturated heterocycles. The van der Waals surface area contributed by atoms with Crippen LogP contribution < -0.4 is 0 Å². The third-order valence-corrected chi connectivity index (χ3v) is 3.67. The Bertz CT molecular complexity index is 465. The van der Waals surface area contributed by atoms with E-state index in [1.807, 2.05) is 30.3 Å². The maximum absolute atomic E-state index is 11.8. The largest absolute Gasteiger partial charge is 0.394 e. The van der Waals surface area contributed by atoms with Crippen LogP contribution >= 0.6 is 0 Å². The monoisotopic (exact) mass is 328 g/mol. The van der Waals surface area contributed by atoms with Crippen molar-refractivity contribution in [2.24, 2.45) is 0 Å². The summed E-state index contributed by atoms with van der Waals surface area (Å²) in [6.07, 6.45) is -8.24. The normalized spacial score (nSPS) is 18.0. The highest BCUT2D eigenvalue weighted by molar-refractivity contribution is 5.83. The molecule has 1 rings (SSSR count). The molecule has 23 heavy (non-hydrogen) atoms. The second kappa shape index (κ2) is 9.71. The Hall–Kier alpha value is -1.35. The van der Waals surface area contributed by atoms with Crippen LogP contribution in [0.3, 0.4) is 0 Å². The minimum Gasteiger partial charge on any atom is -0.394 e. The van der Waals surface area contributed by atoms with Crippen molar-refractivity contribution in [2.45, 2.75) is 49.8 Å². The average Bonchev–Trinajstić information content (AvgIpc) is 2.59. The Balaban J connectivity index is 2.45. The maximum atomic E-state index is 11.8. The van der Waals surface area contributed by atoms with Crippen molar-refractivity contribution in [2.75, 3.05) is 6.61 Å². The topological polar surface area (TPSA) is 138 Å². The third kappa shape index (κ3) is 5.98. The number of hydrogen-bond donors (Lipinski definition) is 6. The number of rotatable bonds is 10. The molecule has 7 nitrogen and oxygen atoms in total. The van der Waals surface area contributed by atoms with E-state index in [0.29, 0.717) is 12.8 Å². The lowest BCUT2D eigenvalue weighted by atomic mass is 9.95. The van der Waals surface area contributed by atoms with Gasteiger partial charge in [-0.25, -0.2) is 0 Å². The van der Waals surface area contributed by atoms with Gasteiger partial charge in [-0.1, -0.05) is 30.3 Å². The fourth-order valence-electron chi connectivity index (χ4n) is 2.17. The number of ketones is 1. The quantitative estimate of drug-likeness (QED) is 0.303. The highest BCUT2D eigenvalue weighted by Gasteiger charge is 2.36. The molecule has 1 aromatic carbocycles. The molecule has 0 bridgehead atoms. The first kappa shape index (κ1) is 19.7. The van der Waals surface area contributed by atoms with Crippen molar-refractivity contribution in [3.8, 4) is 0 Å². The number of benzene rings is 1. The van der Waals surface area contributed by atoms with Gasteiger partial charge in [0.25, 0.3) is 0 Å². The van der Waals surface area contributed by atoms with Gasteiger partial charge >= 0.3 is 0 Å². The molecule has 0 heterocycles. The Labute approximate surface area is 134 Å². The smallest absolute Gasteiger partial charge is 0.164 e. The summed E-state index contributed by atoms with van der Waals surface area (Å²) in [6, 6.07) is 9.44. The molecule has 1 aromatic rings. The summed E-state index contributed by atoms with van der Waals surface area (Å²) in [7, 11) is 0. The van der Waals surface area contributed by atoms with E-state index in [-0.39, 0.29) is 6.42 Å². The van der Waals surface area contributed by atoms with Crippen LogP contribution in [-0.2, 0) is 11.2 Å². The van der Waals surface area contributed by atoms with Gasteiger partial charge in [-0.2, -0.15) is 0 Å². The first-order valence-electron chi connectivity index (χ1n) is 7.46. The van der Waals surface area contributed by atoms with E-state index in [1.165, 1.54) is 0 Å². The maximum Gasteiger partial charge on any atom is 0.164 e. The van der Waals surface area contributed by atoms with Crippen molar-refractivity contribution >= 4 is 5.78 Å². The summed E-state index contributed by atoms with van der Waals surface area (Å²) in [5, 5.41) is 56.4. The zero-order chi connectivity index (χ0) is 17.4. The van der Waals surface area contributed by atoms with Crippen molar-refractivity contribution in [3.05, 3.63) is 35.9 Å². The Morgan fingerprint density at radius 3 is 2.09 bits per heavy atom. The summed E-state index contributed by atoms with van der Waals surface area (Å²) in [5.41, 5.74) is 1.04. The number of aliphatic hydroxyl groups is 6. The van der Waals surface area contributed by atoms with Gasteiger partial charge in [-0.3, -0.25) is 4.79 Å². The van der Waals surface area contributed by atoms with Gasteiger partial charge in [-0.05, 0) is 18.4 Å². The highest BCUT2D eigenvalue weighted by Crippen LogP contribution is 2.12. The van der Waals surface area contributed by atoms with Crippen molar-refractivity contribution in [1.29, 1.82) is 0 Å². The minimum absolute atomic E-state index is 0.00150. The summed E-state index contributed by atoms with van der Waals surface area (Å²) in [6.45, 7) is -0.827. The molecular formula is C16H24O7. The van der Waals surface area contributed by atoms with E-state index in [2.05, 4.69) is 0 Å². The minimum atomic E-state index is -1.95. The molecule has 0 fully saturated rings. The highest BCUT2D eigenvalue weighted by atomic mass is 16.4. The van der Waals surface area contributed by atoms with E-state index in [0.717, 1.165) is 5.56 Å². The number of carbonyl (C=O) groups is 1. The van der Waals surface area contributed by atoms with Gasteiger partial charge < -0.3 is 30.6 Å². The van der Waals surface area contributed by atoms with E-state index in [4.69, 9.17) is 5.11 Å². The van der Waals surface area contributed by atoms with Crippen molar-refractivity contribution < 1.29 is 35.4 Å². The summed E-state index contributed by atoms with van der Waals surface area (Å²) in [5.74, 6) is -0.668. The van der Waals surface area contributed by atoms with Gasteiger partial charge in [0.1, 0.15) is 30.5 Å². The number of hydrogen-bond acceptors (Lipinski definition) is 7. The van der Waals surface area contributed by atoms with Crippen LogP contribution in [0, 0.1) is 0 Å². The lowest BCUT2D eigenvalue weighted by Crippen LogP contribution is -2.51. The van der Waals surface area contributed by atoms with Gasteiger partial charge in [0.15, 0.2) is 5.78 Å². The molecule has 0 aliphatic carbocycles. The molecule has 5 atom stereocenters. The Kier molecular flexibility index (Phi) is 8.32. The molecule has 0 amide bonds. The predicted octanol–water partition coefficient (Wildman–Crippen LogP) is -1.62. The molecule has 0 aromatic heterocycles. The molecular weight excluding hydrogens is 304 g/mol. The van der Waals surface area contributed by atoms with Crippen LogP contribution in [0.15, 0.2) is 30.3 Å². The van der Waals surface area contributed by atoms with Crippen LogP contribution in [0.1, 0.15) is 18.4 Å². The van der Waals surface area contributed by atoms with E-state index in [9.17, 15) is 30.3 Å². The number of aliphatic hydroxyl groups excluding tert-OH is 6. The van der Waals surface area contributed by atoms with Crippen molar-refractivity contribution in [1.82, 2.24) is 0 Å². The molecule has 0 spiro atoms. The number of aryl methyl sites for hydroxylation is 1. The zero-order valence-corrected chi connectivity index (χ0v) is 12.7. The van der Waals surface area contributed by atoms with Crippen molar-refractivity contribution in [3.63, 3.8) is 0 Å². The summed E-state index contributed by atoms with van der Waals surface area (Å²) >= 11 is 0. The first-order chi connectivity index (χ1) is 10.9. The standard InChI is InChI=1S/C16H24O7/c17-9-12(19)14(21)16(23)15(22)13(20)11(18)8-4-7-10-5-2-1-3-6-10/h1-3,5-6,12-17,19-23H,4,7-9H2/t12-,13?,14+,15+,16+/m1/s1. The first-order valence-corrected chi connectivity index (χ1v) is 7.46. The molecule has 6 N–H and O–H groups in total. The summed E-state index contributed by atoms with van der Waals surface area (Å²) in [4.78, 5) is 11.8. The summed E-state index contributed by atoms with van der Waals surface area (Å²) < 4.78 is 0. The van der Waals surface area contributed by atoms with Crippen LogP contribution in [0.5, 0.6) is 0 Å². The molecule has 0 aliphatic rings. The van der Waals surface area contributed by atoms with E-state index >= 15 is 0 Å². The van der Waals surface area contributed by atoms with Crippen LogP contribution in [0.2, 0.25) is 0 Å². The molecule has 0 aliphatic heterocycles. The molecule has 130 valence electrons. The molecule has 0 saturated carbocycles. The lowest BCUT2D eigenvalue weighted by molar-refractivity contribution is -0.155. The fourth-order valence-corrected chi connectivity index (χ4v) is 2.17. The van der Waals surface area contributed by atoms with Crippen LogP contribution in [0.4, 0.5) is 0 Å². The van der Waals surface area contributed by atoms with E-state index < -0.39 is 42.9 Å². The molecule has 0 radical (unpaired) electrons. The van der Waals surface area contributed by atoms with Crippen LogP contribution in [0.25, 0.3) is 0 Å². The number of carbonyl (C=O) groups excluding carboxylic acids is 1. The van der Waals surface area contributed by atoms with Gasteiger partial charge in [0, 0.05) is 6.42 Å². The van der Waals surface area contributed by atoms with E-state index in [1.54, 1.807) is 0 Å². The second-order valence-corrected chi connectivity index (χ2v) is 5.47.